The molecule has 0 spiro atoms. The summed E-state index contributed by atoms with van der Waals surface area (Å²) in [6.45, 7) is 4.73. The summed E-state index contributed by atoms with van der Waals surface area (Å²) in [6, 6.07) is 7.00. The molecule has 1 aromatic carbocycles. The molecule has 0 amide bonds. The normalized spacial score (nSPS) is 12.4. The van der Waals surface area contributed by atoms with Gasteiger partial charge in [0.25, 0.3) is 0 Å². The highest BCUT2D eigenvalue weighted by Gasteiger charge is 2.17. The van der Waals surface area contributed by atoms with E-state index in [4.69, 9.17) is 11.6 Å². The number of nitrogens with one attached hydrogen (secondary N) is 1. The number of pyridine rings is 1. The third-order valence-corrected chi connectivity index (χ3v) is 3.54. The van der Waals surface area contributed by atoms with Gasteiger partial charge in [0.2, 0.25) is 0 Å². The topological polar surface area (TPSA) is 24.9 Å². The Morgan fingerprint density at radius 2 is 2.15 bits per heavy atom. The summed E-state index contributed by atoms with van der Waals surface area (Å²) in [4.78, 5) is 4.01. The number of aryl methyl sites for hydroxylation is 1. The number of aromatic nitrogens is 1. The van der Waals surface area contributed by atoms with E-state index in [-0.39, 0.29) is 11.9 Å². The highest BCUT2D eigenvalue weighted by molar-refractivity contribution is 6.31. The van der Waals surface area contributed by atoms with Crippen molar-refractivity contribution in [2.24, 2.45) is 0 Å². The number of benzene rings is 1. The maximum atomic E-state index is 13.4. The highest BCUT2D eigenvalue weighted by atomic mass is 35.5. The zero-order chi connectivity index (χ0) is 14.5. The van der Waals surface area contributed by atoms with Gasteiger partial charge in [-0.1, -0.05) is 30.7 Å². The monoisotopic (exact) mass is 292 g/mol. The molecule has 20 heavy (non-hydrogen) atoms. The quantitative estimate of drug-likeness (QED) is 0.890. The van der Waals surface area contributed by atoms with Crippen LogP contribution in [0.15, 0.2) is 36.7 Å². The lowest BCUT2D eigenvalue weighted by atomic mass is 9.97. The standard InChI is InChI=1S/C16H18ClFN2/c1-3-7-20-16(13-6-8-19-10-14(13)17)12-4-5-15(18)11(2)9-12/h4-6,8-10,16,20H,3,7H2,1-2H3. The van der Waals surface area contributed by atoms with Crippen LogP contribution in [-0.4, -0.2) is 11.5 Å². The van der Waals surface area contributed by atoms with Crippen molar-refractivity contribution in [2.75, 3.05) is 6.54 Å². The fraction of sp³-hybridized carbons (Fsp3) is 0.312. The zero-order valence-corrected chi connectivity index (χ0v) is 12.4. The molecular weight excluding hydrogens is 275 g/mol. The van der Waals surface area contributed by atoms with Gasteiger partial charge in [-0.05, 0) is 48.7 Å². The van der Waals surface area contributed by atoms with Crippen LogP contribution in [0, 0.1) is 12.7 Å². The molecule has 1 unspecified atom stereocenters. The summed E-state index contributed by atoms with van der Waals surface area (Å²) in [7, 11) is 0. The Morgan fingerprint density at radius 1 is 1.35 bits per heavy atom. The van der Waals surface area contributed by atoms with Crippen molar-refractivity contribution >= 4 is 11.6 Å². The van der Waals surface area contributed by atoms with Crippen molar-refractivity contribution in [3.05, 3.63) is 64.2 Å². The average Bonchev–Trinajstić information content (AvgIpc) is 2.44. The molecule has 1 heterocycles. The SMILES string of the molecule is CCCNC(c1ccc(F)c(C)c1)c1ccncc1Cl. The Kier molecular flexibility index (Phi) is 5.10. The molecule has 0 saturated carbocycles. The zero-order valence-electron chi connectivity index (χ0n) is 11.7. The molecule has 0 aliphatic heterocycles. The Hall–Kier alpha value is -1.45. The van der Waals surface area contributed by atoms with Crippen LogP contribution < -0.4 is 5.32 Å². The Balaban J connectivity index is 2.41. The second kappa shape index (κ2) is 6.82. The van der Waals surface area contributed by atoms with Gasteiger partial charge in [-0.2, -0.15) is 0 Å². The molecule has 106 valence electrons. The smallest absolute Gasteiger partial charge is 0.126 e. The number of rotatable bonds is 5. The van der Waals surface area contributed by atoms with Gasteiger partial charge in [-0.15, -0.1) is 0 Å². The maximum Gasteiger partial charge on any atom is 0.126 e. The minimum atomic E-state index is -0.191. The molecule has 2 aromatic rings. The van der Waals surface area contributed by atoms with E-state index in [1.165, 1.54) is 6.07 Å². The van der Waals surface area contributed by atoms with Gasteiger partial charge in [-0.25, -0.2) is 4.39 Å². The molecule has 0 aliphatic rings. The van der Waals surface area contributed by atoms with Gasteiger partial charge >= 0.3 is 0 Å². The first-order chi connectivity index (χ1) is 9.63. The van der Waals surface area contributed by atoms with Crippen molar-refractivity contribution in [3.8, 4) is 0 Å². The van der Waals surface area contributed by atoms with Crippen LogP contribution in [0.3, 0.4) is 0 Å². The fourth-order valence-electron chi connectivity index (χ4n) is 2.16. The van der Waals surface area contributed by atoms with Crippen molar-refractivity contribution in [2.45, 2.75) is 26.3 Å². The van der Waals surface area contributed by atoms with E-state index in [1.54, 1.807) is 25.4 Å². The first-order valence-electron chi connectivity index (χ1n) is 6.72. The lowest BCUT2D eigenvalue weighted by Crippen LogP contribution is -2.23. The lowest BCUT2D eigenvalue weighted by molar-refractivity contribution is 0.590. The van der Waals surface area contributed by atoms with Crippen LogP contribution in [0.5, 0.6) is 0 Å². The molecule has 0 bridgehead atoms. The molecule has 4 heteroatoms. The minimum Gasteiger partial charge on any atom is -0.306 e. The predicted molar refractivity (Wildman–Crippen MR) is 80.5 cm³/mol. The van der Waals surface area contributed by atoms with Crippen LogP contribution in [-0.2, 0) is 0 Å². The molecule has 1 aromatic heterocycles. The van der Waals surface area contributed by atoms with E-state index in [0.717, 1.165) is 24.1 Å². The summed E-state index contributed by atoms with van der Waals surface area (Å²) in [5.41, 5.74) is 2.60. The van der Waals surface area contributed by atoms with Gasteiger partial charge in [0.1, 0.15) is 5.82 Å². The van der Waals surface area contributed by atoms with Crippen molar-refractivity contribution in [1.29, 1.82) is 0 Å². The second-order valence-corrected chi connectivity index (χ2v) is 5.20. The van der Waals surface area contributed by atoms with Gasteiger partial charge in [-0.3, -0.25) is 4.98 Å². The van der Waals surface area contributed by atoms with Crippen LogP contribution in [0.4, 0.5) is 4.39 Å². The average molecular weight is 293 g/mol. The molecule has 0 saturated heterocycles. The second-order valence-electron chi connectivity index (χ2n) is 4.79. The van der Waals surface area contributed by atoms with Crippen LogP contribution in [0.1, 0.15) is 36.1 Å². The predicted octanol–water partition coefficient (Wildman–Crippen LogP) is 4.27. The van der Waals surface area contributed by atoms with Crippen molar-refractivity contribution in [1.82, 2.24) is 10.3 Å². The largest absolute Gasteiger partial charge is 0.306 e. The van der Waals surface area contributed by atoms with E-state index in [2.05, 4.69) is 17.2 Å². The van der Waals surface area contributed by atoms with Gasteiger partial charge in [0.15, 0.2) is 0 Å². The van der Waals surface area contributed by atoms with Gasteiger partial charge < -0.3 is 5.32 Å². The van der Waals surface area contributed by atoms with E-state index < -0.39 is 0 Å². The summed E-state index contributed by atoms with van der Waals surface area (Å²) < 4.78 is 13.4. The summed E-state index contributed by atoms with van der Waals surface area (Å²) in [5, 5.41) is 4.07. The number of hydrogen-bond donors (Lipinski definition) is 1. The summed E-state index contributed by atoms with van der Waals surface area (Å²) in [5.74, 6) is -0.191. The highest BCUT2D eigenvalue weighted by Crippen LogP contribution is 2.28. The maximum absolute atomic E-state index is 13.4. The van der Waals surface area contributed by atoms with Crippen LogP contribution in [0.25, 0.3) is 0 Å². The fourth-order valence-corrected chi connectivity index (χ4v) is 2.39. The molecule has 2 rings (SSSR count). The van der Waals surface area contributed by atoms with E-state index >= 15 is 0 Å². The van der Waals surface area contributed by atoms with Crippen molar-refractivity contribution < 1.29 is 4.39 Å². The van der Waals surface area contributed by atoms with Gasteiger partial charge in [0.05, 0.1) is 11.1 Å². The Bertz CT molecular complexity index is 586. The van der Waals surface area contributed by atoms with E-state index in [9.17, 15) is 4.39 Å². The van der Waals surface area contributed by atoms with Gasteiger partial charge in [0, 0.05) is 12.4 Å². The summed E-state index contributed by atoms with van der Waals surface area (Å²) >= 11 is 6.24. The van der Waals surface area contributed by atoms with Crippen molar-refractivity contribution in [3.63, 3.8) is 0 Å². The number of nitrogens with zero attached hydrogens (tertiary/aromatic N) is 1. The van der Waals surface area contributed by atoms with Crippen LogP contribution >= 0.6 is 11.6 Å². The first-order valence-corrected chi connectivity index (χ1v) is 7.10. The summed E-state index contributed by atoms with van der Waals surface area (Å²) in [6.07, 6.45) is 4.37. The molecule has 2 nitrogen and oxygen atoms in total. The molecule has 0 aliphatic carbocycles. The van der Waals surface area contributed by atoms with E-state index in [0.29, 0.717) is 10.6 Å². The molecule has 0 radical (unpaired) electrons. The third-order valence-electron chi connectivity index (χ3n) is 3.23. The molecule has 1 atom stereocenters. The third kappa shape index (κ3) is 3.35. The number of hydrogen-bond acceptors (Lipinski definition) is 2. The van der Waals surface area contributed by atoms with E-state index in [1.807, 2.05) is 12.1 Å². The Morgan fingerprint density at radius 3 is 2.80 bits per heavy atom. The first kappa shape index (κ1) is 14.9. The Labute approximate surface area is 124 Å². The minimum absolute atomic E-state index is 0.0512. The lowest BCUT2D eigenvalue weighted by Gasteiger charge is -2.21. The molecule has 1 N–H and O–H groups in total. The molecule has 0 fully saturated rings. The molecular formula is C16H18ClFN2. The van der Waals surface area contributed by atoms with Crippen LogP contribution in [0.2, 0.25) is 5.02 Å². The number of halogens is 2.